The zero-order valence-corrected chi connectivity index (χ0v) is 22.1. The van der Waals surface area contributed by atoms with E-state index in [9.17, 15) is 4.79 Å². The summed E-state index contributed by atoms with van der Waals surface area (Å²) in [5.74, 6) is 1.82. The summed E-state index contributed by atoms with van der Waals surface area (Å²) < 4.78 is 4.96. The summed E-state index contributed by atoms with van der Waals surface area (Å²) in [5, 5.41) is 0. The van der Waals surface area contributed by atoms with Gasteiger partial charge in [0.25, 0.3) is 0 Å². The van der Waals surface area contributed by atoms with Crippen molar-refractivity contribution in [3.05, 3.63) is 12.2 Å². The number of hydrogen-bond acceptors (Lipinski definition) is 2. The van der Waals surface area contributed by atoms with Crippen LogP contribution in [0.1, 0.15) is 143 Å². The molecule has 3 rings (SSSR count). The molecule has 2 nitrogen and oxygen atoms in total. The third kappa shape index (κ3) is 8.21. The molecule has 0 amide bonds. The third-order valence-corrected chi connectivity index (χ3v) is 9.29. The van der Waals surface area contributed by atoms with Crippen LogP contribution in [0.2, 0.25) is 0 Å². The zero-order valence-electron chi connectivity index (χ0n) is 22.1. The zero-order chi connectivity index (χ0) is 23.3. The van der Waals surface area contributed by atoms with Crippen LogP contribution in [0.15, 0.2) is 12.2 Å². The minimum absolute atomic E-state index is 0.156. The highest BCUT2D eigenvalue weighted by Crippen LogP contribution is 2.71. The first-order chi connectivity index (χ1) is 15.4. The number of rotatable bonds is 18. The summed E-state index contributed by atoms with van der Waals surface area (Å²) in [6.07, 6.45) is 29.3. The van der Waals surface area contributed by atoms with E-state index >= 15 is 0 Å². The summed E-state index contributed by atoms with van der Waals surface area (Å²) in [5.41, 5.74) is 1.30. The van der Waals surface area contributed by atoms with E-state index in [1.165, 1.54) is 116 Å². The Morgan fingerprint density at radius 2 is 1.34 bits per heavy atom. The van der Waals surface area contributed by atoms with Gasteiger partial charge in [0.05, 0.1) is 6.61 Å². The predicted molar refractivity (Wildman–Crippen MR) is 138 cm³/mol. The van der Waals surface area contributed by atoms with Crippen molar-refractivity contribution in [2.24, 2.45) is 22.7 Å². The molecule has 186 valence electrons. The SMILES string of the molecule is CC(=O)OCCCCCCCC/C=C\CCCCCCCCC12CC(CCC1C)C2(C)C. The lowest BCUT2D eigenvalue weighted by Crippen LogP contribution is -2.61. The predicted octanol–water partition coefficient (Wildman–Crippen LogP) is 9.42. The standard InChI is InChI=1S/C30H54O2/c1-26-21-22-28-25-30(26,29(28,3)4)23-19-17-15-13-11-9-7-5-6-8-10-12-14-16-18-20-24-32-27(2)31/h5-6,26,28H,7-25H2,1-4H3/b6-5-. The van der Waals surface area contributed by atoms with E-state index in [2.05, 4.69) is 32.9 Å². The van der Waals surface area contributed by atoms with E-state index in [4.69, 9.17) is 4.74 Å². The molecular weight excluding hydrogens is 392 g/mol. The van der Waals surface area contributed by atoms with E-state index in [1.54, 1.807) is 0 Å². The Hall–Kier alpha value is -0.790. The molecule has 0 radical (unpaired) electrons. The van der Waals surface area contributed by atoms with Crippen LogP contribution in [0.3, 0.4) is 0 Å². The Morgan fingerprint density at radius 1 is 0.812 bits per heavy atom. The lowest BCUT2D eigenvalue weighted by molar-refractivity contribution is -0.199. The molecule has 0 aromatic heterocycles. The van der Waals surface area contributed by atoms with Gasteiger partial charge in [0.15, 0.2) is 0 Å². The molecule has 0 spiro atoms. The van der Waals surface area contributed by atoms with Gasteiger partial charge in [-0.25, -0.2) is 0 Å². The summed E-state index contributed by atoms with van der Waals surface area (Å²) >= 11 is 0. The number of carbonyl (C=O) groups is 1. The average Bonchev–Trinajstić information content (AvgIpc) is 2.75. The van der Waals surface area contributed by atoms with Crippen molar-refractivity contribution in [2.45, 2.75) is 143 Å². The summed E-state index contributed by atoms with van der Waals surface area (Å²) in [6, 6.07) is 0. The van der Waals surface area contributed by atoms with Crippen molar-refractivity contribution >= 4 is 5.97 Å². The van der Waals surface area contributed by atoms with Gasteiger partial charge < -0.3 is 4.74 Å². The maximum Gasteiger partial charge on any atom is 0.302 e. The topological polar surface area (TPSA) is 26.3 Å². The van der Waals surface area contributed by atoms with Crippen molar-refractivity contribution in [1.29, 1.82) is 0 Å². The summed E-state index contributed by atoms with van der Waals surface area (Å²) in [6.45, 7) is 9.76. The molecule has 0 saturated heterocycles. The maximum absolute atomic E-state index is 10.7. The molecule has 2 bridgehead atoms. The number of allylic oxidation sites excluding steroid dienone is 2. The Labute approximate surface area is 200 Å². The third-order valence-electron chi connectivity index (χ3n) is 9.29. The average molecular weight is 447 g/mol. The molecule has 0 heterocycles. The van der Waals surface area contributed by atoms with Gasteiger partial charge in [-0.3, -0.25) is 4.79 Å². The fourth-order valence-electron chi connectivity index (χ4n) is 6.86. The Morgan fingerprint density at radius 3 is 1.88 bits per heavy atom. The van der Waals surface area contributed by atoms with Gasteiger partial charge in [0, 0.05) is 6.92 Å². The number of fused-ring (bicyclic) bond motifs is 2. The van der Waals surface area contributed by atoms with E-state index in [-0.39, 0.29) is 5.97 Å². The Balaban J connectivity index is 1.33. The Kier molecular flexibility index (Phi) is 12.4. The van der Waals surface area contributed by atoms with Crippen LogP contribution < -0.4 is 0 Å². The lowest BCUT2D eigenvalue weighted by atomic mass is 9.36. The van der Waals surface area contributed by atoms with E-state index in [1.807, 2.05) is 0 Å². The van der Waals surface area contributed by atoms with Gasteiger partial charge in [-0.2, -0.15) is 0 Å². The van der Waals surface area contributed by atoms with E-state index in [0.717, 1.165) is 18.3 Å². The highest BCUT2D eigenvalue weighted by Gasteiger charge is 2.63. The second-order valence-electron chi connectivity index (χ2n) is 11.6. The largest absolute Gasteiger partial charge is 0.466 e. The quantitative estimate of drug-likeness (QED) is 0.119. The van der Waals surface area contributed by atoms with Crippen LogP contribution in [0.25, 0.3) is 0 Å². The molecule has 0 aromatic carbocycles. The van der Waals surface area contributed by atoms with Gasteiger partial charge in [-0.05, 0) is 80.5 Å². The van der Waals surface area contributed by atoms with Crippen LogP contribution >= 0.6 is 0 Å². The van der Waals surface area contributed by atoms with Crippen LogP contribution in [-0.2, 0) is 9.53 Å². The number of carbonyl (C=O) groups excluding carboxylic acids is 1. The first kappa shape index (κ1) is 27.5. The van der Waals surface area contributed by atoms with Crippen LogP contribution in [0.4, 0.5) is 0 Å². The maximum atomic E-state index is 10.7. The molecule has 3 aliphatic rings. The van der Waals surface area contributed by atoms with Crippen molar-refractivity contribution in [2.75, 3.05) is 6.61 Å². The molecular formula is C30H54O2. The van der Waals surface area contributed by atoms with Crippen LogP contribution in [-0.4, -0.2) is 12.6 Å². The van der Waals surface area contributed by atoms with Crippen molar-refractivity contribution < 1.29 is 9.53 Å². The van der Waals surface area contributed by atoms with Crippen LogP contribution in [0.5, 0.6) is 0 Å². The smallest absolute Gasteiger partial charge is 0.302 e. The fraction of sp³-hybridized carbons (Fsp3) is 0.900. The molecule has 2 heteroatoms. The van der Waals surface area contributed by atoms with Crippen molar-refractivity contribution in [3.8, 4) is 0 Å². The first-order valence-electron chi connectivity index (χ1n) is 14.2. The van der Waals surface area contributed by atoms with E-state index < -0.39 is 0 Å². The lowest BCUT2D eigenvalue weighted by Gasteiger charge is -2.69. The molecule has 0 aromatic rings. The molecule has 3 fully saturated rings. The number of esters is 1. The summed E-state index contributed by atoms with van der Waals surface area (Å²) in [7, 11) is 0. The summed E-state index contributed by atoms with van der Waals surface area (Å²) in [4.78, 5) is 10.7. The first-order valence-corrected chi connectivity index (χ1v) is 14.2. The molecule has 0 N–H and O–H groups in total. The van der Waals surface area contributed by atoms with Gasteiger partial charge >= 0.3 is 5.97 Å². The van der Waals surface area contributed by atoms with Gasteiger partial charge in [0.1, 0.15) is 0 Å². The number of hydrogen-bond donors (Lipinski definition) is 0. The highest BCUT2D eigenvalue weighted by molar-refractivity contribution is 5.65. The fourth-order valence-corrected chi connectivity index (χ4v) is 6.86. The molecule has 3 atom stereocenters. The number of unbranched alkanes of at least 4 members (excludes halogenated alkanes) is 12. The highest BCUT2D eigenvalue weighted by atomic mass is 16.5. The number of ether oxygens (including phenoxy) is 1. The van der Waals surface area contributed by atoms with Crippen molar-refractivity contribution in [1.82, 2.24) is 0 Å². The molecule has 3 unspecified atom stereocenters. The molecule has 32 heavy (non-hydrogen) atoms. The minimum Gasteiger partial charge on any atom is -0.466 e. The molecule has 3 aliphatic carbocycles. The monoisotopic (exact) mass is 446 g/mol. The second-order valence-corrected chi connectivity index (χ2v) is 11.6. The van der Waals surface area contributed by atoms with E-state index in [0.29, 0.717) is 17.4 Å². The minimum atomic E-state index is -0.156. The second kappa shape index (κ2) is 14.5. The molecule has 3 saturated carbocycles. The molecule has 0 aliphatic heterocycles. The van der Waals surface area contributed by atoms with Crippen molar-refractivity contribution in [3.63, 3.8) is 0 Å². The van der Waals surface area contributed by atoms with Gasteiger partial charge in [-0.1, -0.05) is 90.7 Å². The Bertz CT molecular complexity index is 549. The van der Waals surface area contributed by atoms with Crippen LogP contribution in [0, 0.1) is 22.7 Å². The van der Waals surface area contributed by atoms with Gasteiger partial charge in [0.2, 0.25) is 0 Å². The van der Waals surface area contributed by atoms with Gasteiger partial charge in [-0.15, -0.1) is 0 Å². The normalized spacial score (nSPS) is 26.2.